The molecular weight excluding hydrogens is 361 g/mol. The van der Waals surface area contributed by atoms with Crippen LogP contribution in [0, 0.1) is 17.3 Å². The Morgan fingerprint density at radius 2 is 1.73 bits per heavy atom. The molecule has 0 heterocycles. The number of rotatable bonds is 5. The monoisotopic (exact) mass is 380 g/mol. The molecule has 5 heteroatoms. The Morgan fingerprint density at radius 1 is 1.08 bits per heavy atom. The fourth-order valence-electron chi connectivity index (χ4n) is 3.37. The molecule has 0 saturated heterocycles. The lowest BCUT2D eigenvalue weighted by Gasteiger charge is -2.08. The number of allylic oxidation sites excluding steroid dienone is 2. The highest BCUT2D eigenvalue weighted by Gasteiger charge is 2.56. The predicted molar refractivity (Wildman–Crippen MR) is 97.4 cm³/mol. The van der Waals surface area contributed by atoms with Gasteiger partial charge in [-0.05, 0) is 53.5 Å². The number of halogens is 4. The van der Waals surface area contributed by atoms with E-state index in [0.717, 1.165) is 17.4 Å². The summed E-state index contributed by atoms with van der Waals surface area (Å²) in [6.07, 6.45) is -2.63. The van der Waals surface area contributed by atoms with E-state index in [-0.39, 0.29) is 17.3 Å². The number of hydrogen-bond acceptors (Lipinski definition) is 1. The number of para-hydroxylation sites is 1. The van der Waals surface area contributed by atoms with Crippen LogP contribution in [0.1, 0.15) is 19.4 Å². The van der Waals surface area contributed by atoms with Crippen LogP contribution < -0.4 is 4.74 Å². The Kier molecular flexibility index (Phi) is 5.07. The summed E-state index contributed by atoms with van der Waals surface area (Å²) in [5.41, 5.74) is 0.831. The van der Waals surface area contributed by atoms with Crippen molar-refractivity contribution in [3.05, 3.63) is 71.3 Å². The van der Waals surface area contributed by atoms with Crippen molar-refractivity contribution in [3.63, 3.8) is 0 Å². The third-order valence-electron chi connectivity index (χ3n) is 5.07. The van der Waals surface area contributed by atoms with Crippen LogP contribution in [-0.4, -0.2) is 6.18 Å². The summed E-state index contributed by atoms with van der Waals surface area (Å²) in [5, 5.41) is -1.03. The third-order valence-corrected chi connectivity index (χ3v) is 5.41. The molecule has 1 aliphatic carbocycles. The minimum absolute atomic E-state index is 0.116. The van der Waals surface area contributed by atoms with Gasteiger partial charge >= 0.3 is 6.18 Å². The van der Waals surface area contributed by atoms with Crippen molar-refractivity contribution in [1.82, 2.24) is 0 Å². The largest absolute Gasteiger partial charge is 0.457 e. The van der Waals surface area contributed by atoms with Crippen molar-refractivity contribution >= 4 is 11.6 Å². The van der Waals surface area contributed by atoms with Gasteiger partial charge in [-0.2, -0.15) is 13.2 Å². The van der Waals surface area contributed by atoms with E-state index in [1.807, 2.05) is 68.4 Å². The molecule has 0 spiro atoms. The zero-order valence-corrected chi connectivity index (χ0v) is 15.3. The van der Waals surface area contributed by atoms with Gasteiger partial charge in [0.15, 0.2) is 0 Å². The fraction of sp³-hybridized carbons (Fsp3) is 0.333. The van der Waals surface area contributed by atoms with E-state index < -0.39 is 11.2 Å². The first-order valence-electron chi connectivity index (χ1n) is 8.44. The first-order valence-corrected chi connectivity index (χ1v) is 8.82. The van der Waals surface area contributed by atoms with Gasteiger partial charge in [0.2, 0.25) is 0 Å². The van der Waals surface area contributed by atoms with Crippen LogP contribution in [0.3, 0.4) is 0 Å². The molecule has 1 nitrogen and oxygen atoms in total. The average Bonchev–Trinajstić information content (AvgIpc) is 3.07. The predicted octanol–water partition coefficient (Wildman–Crippen LogP) is 6.98. The normalized spacial score (nSPS) is 22.2. The Morgan fingerprint density at radius 3 is 2.38 bits per heavy atom. The summed E-state index contributed by atoms with van der Waals surface area (Å²) in [6, 6.07) is 17.1. The van der Waals surface area contributed by atoms with E-state index in [9.17, 15) is 13.2 Å². The van der Waals surface area contributed by atoms with Gasteiger partial charge in [0.25, 0.3) is 0 Å². The second kappa shape index (κ2) is 6.99. The summed E-state index contributed by atoms with van der Waals surface area (Å²) in [7, 11) is 0. The second-order valence-corrected chi connectivity index (χ2v) is 7.64. The van der Waals surface area contributed by atoms with Crippen molar-refractivity contribution in [1.29, 1.82) is 0 Å². The van der Waals surface area contributed by atoms with Gasteiger partial charge in [-0.3, -0.25) is 0 Å². The number of hydrogen-bond donors (Lipinski definition) is 0. The quantitative estimate of drug-likeness (QED) is 0.543. The van der Waals surface area contributed by atoms with Gasteiger partial charge in [0.05, 0.1) is 0 Å². The van der Waals surface area contributed by atoms with Gasteiger partial charge in [-0.15, -0.1) is 0 Å². The molecule has 2 aromatic rings. The second-order valence-electron chi connectivity index (χ2n) is 7.23. The molecule has 0 N–H and O–H groups in total. The van der Waals surface area contributed by atoms with Crippen molar-refractivity contribution in [2.24, 2.45) is 17.3 Å². The van der Waals surface area contributed by atoms with Crippen LogP contribution in [0.4, 0.5) is 13.2 Å². The molecule has 138 valence electrons. The molecule has 3 rings (SSSR count). The SMILES string of the molecule is CC1(C)[C@@H](/C=C(/Cl)C(F)(F)F)[C@@H]1Cc1cccc(Oc2ccccc2)c1. The van der Waals surface area contributed by atoms with Crippen LogP contribution in [0.2, 0.25) is 0 Å². The first-order chi connectivity index (χ1) is 12.2. The van der Waals surface area contributed by atoms with Crippen LogP contribution >= 0.6 is 11.6 Å². The van der Waals surface area contributed by atoms with Gasteiger partial charge in [0, 0.05) is 0 Å². The van der Waals surface area contributed by atoms with Gasteiger partial charge in [-0.1, -0.05) is 61.9 Å². The Labute approximate surface area is 156 Å². The van der Waals surface area contributed by atoms with Crippen molar-refractivity contribution in [2.45, 2.75) is 26.4 Å². The van der Waals surface area contributed by atoms with Crippen molar-refractivity contribution < 1.29 is 17.9 Å². The molecule has 1 aliphatic rings. The van der Waals surface area contributed by atoms with E-state index in [4.69, 9.17) is 16.3 Å². The van der Waals surface area contributed by atoms with Crippen molar-refractivity contribution in [3.8, 4) is 11.5 Å². The molecule has 1 fully saturated rings. The zero-order valence-electron chi connectivity index (χ0n) is 14.6. The average molecular weight is 381 g/mol. The van der Waals surface area contributed by atoms with E-state index in [2.05, 4.69) is 0 Å². The summed E-state index contributed by atoms with van der Waals surface area (Å²) in [5.74, 6) is 1.39. The molecule has 0 unspecified atom stereocenters. The molecule has 0 bridgehead atoms. The summed E-state index contributed by atoms with van der Waals surface area (Å²) < 4.78 is 43.9. The highest BCUT2D eigenvalue weighted by Crippen LogP contribution is 2.61. The summed E-state index contributed by atoms with van der Waals surface area (Å²) in [4.78, 5) is 0. The minimum Gasteiger partial charge on any atom is -0.457 e. The number of benzene rings is 2. The molecule has 2 aromatic carbocycles. The topological polar surface area (TPSA) is 9.23 Å². The number of alkyl halides is 3. The molecule has 1 saturated carbocycles. The molecular formula is C21H20ClF3O. The van der Waals surface area contributed by atoms with Crippen molar-refractivity contribution in [2.75, 3.05) is 0 Å². The fourth-order valence-corrected chi connectivity index (χ4v) is 3.51. The molecule has 26 heavy (non-hydrogen) atoms. The van der Waals surface area contributed by atoms with E-state index in [1.165, 1.54) is 0 Å². The maximum Gasteiger partial charge on any atom is 0.426 e. The third kappa shape index (κ3) is 4.24. The lowest BCUT2D eigenvalue weighted by molar-refractivity contribution is -0.0848. The lowest BCUT2D eigenvalue weighted by Crippen LogP contribution is -2.07. The highest BCUT2D eigenvalue weighted by molar-refractivity contribution is 6.30. The van der Waals surface area contributed by atoms with E-state index in [0.29, 0.717) is 12.2 Å². The zero-order chi connectivity index (χ0) is 18.9. The Hall–Kier alpha value is -1.94. The minimum atomic E-state index is -4.48. The van der Waals surface area contributed by atoms with Gasteiger partial charge in [-0.25, -0.2) is 0 Å². The van der Waals surface area contributed by atoms with Crippen LogP contribution in [-0.2, 0) is 6.42 Å². The van der Waals surface area contributed by atoms with E-state index in [1.54, 1.807) is 0 Å². The number of ether oxygens (including phenoxy) is 1. The van der Waals surface area contributed by atoms with Crippen LogP contribution in [0.5, 0.6) is 11.5 Å². The molecule has 0 aromatic heterocycles. The maximum atomic E-state index is 12.7. The van der Waals surface area contributed by atoms with Gasteiger partial charge < -0.3 is 4.74 Å². The first kappa shape index (κ1) is 18.8. The Balaban J connectivity index is 1.70. The molecule has 0 aliphatic heterocycles. The smallest absolute Gasteiger partial charge is 0.426 e. The highest BCUT2D eigenvalue weighted by atomic mass is 35.5. The lowest BCUT2D eigenvalue weighted by atomic mass is 10.0. The van der Waals surface area contributed by atoms with E-state index >= 15 is 0 Å². The standard InChI is InChI=1S/C21H20ClF3O/c1-20(2)17(18(20)13-19(22)21(23,24)25)12-14-7-6-10-16(11-14)26-15-8-4-3-5-9-15/h3-11,13,17-18H,12H2,1-2H3/b19-13+/t17-,18-/m0/s1. The van der Waals surface area contributed by atoms with Crippen LogP contribution in [0.15, 0.2) is 65.7 Å². The van der Waals surface area contributed by atoms with Crippen LogP contribution in [0.25, 0.3) is 0 Å². The summed E-state index contributed by atoms with van der Waals surface area (Å²) in [6.45, 7) is 3.95. The summed E-state index contributed by atoms with van der Waals surface area (Å²) >= 11 is 5.42. The molecule has 0 amide bonds. The maximum absolute atomic E-state index is 12.7. The molecule has 2 atom stereocenters. The Bertz CT molecular complexity index is 796. The van der Waals surface area contributed by atoms with Gasteiger partial charge in [0.1, 0.15) is 16.5 Å². The molecule has 0 radical (unpaired) electrons.